The summed E-state index contributed by atoms with van der Waals surface area (Å²) in [5.74, 6) is -0.801. The number of rotatable bonds is 1. The van der Waals surface area contributed by atoms with Crippen molar-refractivity contribution in [3.05, 3.63) is 17.7 Å². The molecule has 1 N–H and O–H groups in total. The van der Waals surface area contributed by atoms with Gasteiger partial charge in [-0.15, -0.1) is 0 Å². The Bertz CT molecular complexity index is 381. The van der Waals surface area contributed by atoms with E-state index in [1.54, 1.807) is 27.7 Å². The molecule has 0 aliphatic rings. The second-order valence-electron chi connectivity index (χ2n) is 4.28. The molecule has 0 aliphatic carbocycles. The summed E-state index contributed by atoms with van der Waals surface area (Å²) >= 11 is 0. The average Bonchev–Trinajstić information content (AvgIpc) is 1.96. The van der Waals surface area contributed by atoms with Crippen LogP contribution in [0, 0.1) is 12.9 Å². The van der Waals surface area contributed by atoms with E-state index >= 15 is 0 Å². The van der Waals surface area contributed by atoms with Gasteiger partial charge < -0.3 is 4.74 Å². The van der Waals surface area contributed by atoms with Gasteiger partial charge >= 0.3 is 6.09 Å². The Morgan fingerprint density at radius 2 is 2.06 bits per heavy atom. The Balaban J connectivity index is 2.70. The number of hydrogen-bond donors (Lipinski definition) is 1. The van der Waals surface area contributed by atoms with Gasteiger partial charge in [0.2, 0.25) is 11.9 Å². The van der Waals surface area contributed by atoms with Crippen molar-refractivity contribution in [3.63, 3.8) is 0 Å². The molecule has 0 fully saturated rings. The summed E-state index contributed by atoms with van der Waals surface area (Å²) in [6.45, 7) is 6.78. The molecule has 1 heterocycles. The number of nitrogens with zero attached hydrogens (tertiary/aromatic N) is 2. The van der Waals surface area contributed by atoms with Crippen molar-refractivity contribution in [3.8, 4) is 0 Å². The molecular weight excluding hydrogens is 213 g/mol. The highest BCUT2D eigenvalue weighted by Gasteiger charge is 2.17. The molecule has 0 saturated heterocycles. The molecule has 6 heteroatoms. The summed E-state index contributed by atoms with van der Waals surface area (Å²) in [6, 6.07) is 1.17. The van der Waals surface area contributed by atoms with Gasteiger partial charge in [0.05, 0.1) is 0 Å². The van der Waals surface area contributed by atoms with Crippen molar-refractivity contribution in [1.29, 1.82) is 0 Å². The SMILES string of the molecule is Cc1cc(F)nc(NC(=O)OC(C)(C)C)n1. The minimum absolute atomic E-state index is 0.105. The van der Waals surface area contributed by atoms with Gasteiger partial charge in [0, 0.05) is 11.8 Å². The molecule has 0 aromatic carbocycles. The van der Waals surface area contributed by atoms with Gasteiger partial charge in [0.1, 0.15) is 5.60 Å². The fraction of sp³-hybridized carbons (Fsp3) is 0.500. The molecule has 0 atom stereocenters. The monoisotopic (exact) mass is 227 g/mol. The van der Waals surface area contributed by atoms with E-state index < -0.39 is 17.6 Å². The van der Waals surface area contributed by atoms with Crippen LogP contribution in [-0.4, -0.2) is 21.7 Å². The first-order valence-corrected chi connectivity index (χ1v) is 4.77. The third-order valence-corrected chi connectivity index (χ3v) is 1.44. The molecule has 0 radical (unpaired) electrons. The van der Waals surface area contributed by atoms with Crippen molar-refractivity contribution in [2.75, 3.05) is 5.32 Å². The highest BCUT2D eigenvalue weighted by Crippen LogP contribution is 2.09. The van der Waals surface area contributed by atoms with E-state index in [1.165, 1.54) is 6.07 Å². The first-order chi connectivity index (χ1) is 7.26. The number of carbonyl (C=O) groups excluding carboxylic acids is 1. The van der Waals surface area contributed by atoms with Crippen LogP contribution in [0.2, 0.25) is 0 Å². The van der Waals surface area contributed by atoms with Gasteiger partial charge in [-0.2, -0.15) is 9.37 Å². The van der Waals surface area contributed by atoms with E-state index in [4.69, 9.17) is 4.74 Å². The van der Waals surface area contributed by atoms with Gasteiger partial charge in [-0.05, 0) is 27.7 Å². The third kappa shape index (κ3) is 4.20. The van der Waals surface area contributed by atoms with Crippen LogP contribution in [0.4, 0.5) is 15.1 Å². The number of hydrogen-bond acceptors (Lipinski definition) is 4. The molecule has 0 bridgehead atoms. The average molecular weight is 227 g/mol. The summed E-state index contributed by atoms with van der Waals surface area (Å²) < 4.78 is 17.8. The fourth-order valence-electron chi connectivity index (χ4n) is 0.981. The topological polar surface area (TPSA) is 64.1 Å². The second-order valence-corrected chi connectivity index (χ2v) is 4.28. The van der Waals surface area contributed by atoms with E-state index in [9.17, 15) is 9.18 Å². The smallest absolute Gasteiger partial charge is 0.414 e. The number of aryl methyl sites for hydroxylation is 1. The van der Waals surface area contributed by atoms with Crippen molar-refractivity contribution in [2.24, 2.45) is 0 Å². The van der Waals surface area contributed by atoms with Gasteiger partial charge in [0.25, 0.3) is 0 Å². The summed E-state index contributed by atoms with van der Waals surface area (Å²) in [5.41, 5.74) is -0.189. The van der Waals surface area contributed by atoms with Gasteiger partial charge in [0.15, 0.2) is 0 Å². The lowest BCUT2D eigenvalue weighted by Crippen LogP contribution is -2.28. The molecule has 88 valence electrons. The van der Waals surface area contributed by atoms with Crippen molar-refractivity contribution in [2.45, 2.75) is 33.3 Å². The number of aromatic nitrogens is 2. The largest absolute Gasteiger partial charge is 0.444 e. The number of amides is 1. The number of halogens is 1. The van der Waals surface area contributed by atoms with Gasteiger partial charge in [-0.25, -0.2) is 9.78 Å². The van der Waals surface area contributed by atoms with Crippen LogP contribution in [-0.2, 0) is 4.74 Å². The number of ether oxygens (including phenoxy) is 1. The van der Waals surface area contributed by atoms with Crippen LogP contribution in [0.15, 0.2) is 6.07 Å². The lowest BCUT2D eigenvalue weighted by atomic mass is 10.2. The summed E-state index contributed by atoms with van der Waals surface area (Å²) in [4.78, 5) is 18.6. The van der Waals surface area contributed by atoms with E-state index in [0.29, 0.717) is 5.69 Å². The molecule has 1 amide bonds. The van der Waals surface area contributed by atoms with Crippen LogP contribution < -0.4 is 5.32 Å². The molecule has 1 aromatic rings. The Labute approximate surface area is 93.1 Å². The van der Waals surface area contributed by atoms with Gasteiger partial charge in [-0.1, -0.05) is 0 Å². The molecule has 0 aliphatic heterocycles. The van der Waals surface area contributed by atoms with Crippen molar-refractivity contribution < 1.29 is 13.9 Å². The first-order valence-electron chi connectivity index (χ1n) is 4.77. The number of anilines is 1. The van der Waals surface area contributed by atoms with E-state index in [-0.39, 0.29) is 5.95 Å². The number of carbonyl (C=O) groups is 1. The quantitative estimate of drug-likeness (QED) is 0.747. The maximum atomic E-state index is 12.9. The normalized spacial score (nSPS) is 11.1. The predicted molar refractivity (Wildman–Crippen MR) is 56.6 cm³/mol. The van der Waals surface area contributed by atoms with Crippen LogP contribution in [0.3, 0.4) is 0 Å². The van der Waals surface area contributed by atoms with E-state index in [0.717, 1.165) is 0 Å². The molecule has 0 spiro atoms. The molecule has 0 unspecified atom stereocenters. The Morgan fingerprint density at radius 3 is 2.56 bits per heavy atom. The Hall–Kier alpha value is -1.72. The van der Waals surface area contributed by atoms with Crippen LogP contribution in [0.25, 0.3) is 0 Å². The van der Waals surface area contributed by atoms with Crippen LogP contribution in [0.5, 0.6) is 0 Å². The van der Waals surface area contributed by atoms with Crippen LogP contribution >= 0.6 is 0 Å². The molecule has 1 rings (SSSR count). The zero-order valence-corrected chi connectivity index (χ0v) is 9.67. The molecule has 16 heavy (non-hydrogen) atoms. The zero-order chi connectivity index (χ0) is 12.3. The first kappa shape index (κ1) is 12.4. The Kier molecular flexibility index (Phi) is 3.41. The minimum Gasteiger partial charge on any atom is -0.444 e. The van der Waals surface area contributed by atoms with E-state index in [1.807, 2.05) is 0 Å². The van der Waals surface area contributed by atoms with Crippen molar-refractivity contribution in [1.82, 2.24) is 9.97 Å². The summed E-state index contributed by atoms with van der Waals surface area (Å²) in [5, 5.41) is 2.26. The third-order valence-electron chi connectivity index (χ3n) is 1.44. The second kappa shape index (κ2) is 4.42. The molecular formula is C10H14FN3O2. The molecule has 0 saturated carbocycles. The lowest BCUT2D eigenvalue weighted by molar-refractivity contribution is 0.0634. The molecule has 1 aromatic heterocycles. The fourth-order valence-corrected chi connectivity index (χ4v) is 0.981. The van der Waals surface area contributed by atoms with Gasteiger partial charge in [-0.3, -0.25) is 5.32 Å². The lowest BCUT2D eigenvalue weighted by Gasteiger charge is -2.19. The van der Waals surface area contributed by atoms with Crippen molar-refractivity contribution >= 4 is 12.0 Å². The Morgan fingerprint density at radius 1 is 1.44 bits per heavy atom. The predicted octanol–water partition coefficient (Wildman–Crippen LogP) is 2.27. The van der Waals surface area contributed by atoms with E-state index in [2.05, 4.69) is 15.3 Å². The zero-order valence-electron chi connectivity index (χ0n) is 9.67. The minimum atomic E-state index is -0.711. The summed E-state index contributed by atoms with van der Waals surface area (Å²) in [6.07, 6.45) is -0.711. The summed E-state index contributed by atoms with van der Waals surface area (Å²) in [7, 11) is 0. The molecule has 5 nitrogen and oxygen atoms in total. The highest BCUT2D eigenvalue weighted by atomic mass is 19.1. The maximum Gasteiger partial charge on any atom is 0.414 e. The number of nitrogens with one attached hydrogen (secondary N) is 1. The highest BCUT2D eigenvalue weighted by molar-refractivity contribution is 5.82. The van der Waals surface area contributed by atoms with Crippen LogP contribution in [0.1, 0.15) is 26.5 Å². The standard InChI is InChI=1S/C10H14FN3O2/c1-6-5-7(11)13-8(12-6)14-9(15)16-10(2,3)4/h5H,1-4H3,(H,12,13,14,15). The maximum absolute atomic E-state index is 12.9.